The summed E-state index contributed by atoms with van der Waals surface area (Å²) in [7, 11) is 0. The van der Waals surface area contributed by atoms with E-state index in [2.05, 4.69) is 12.2 Å². The lowest BCUT2D eigenvalue weighted by atomic mass is 9.92. The monoisotopic (exact) mass is 183 g/mol. The lowest BCUT2D eigenvalue weighted by Gasteiger charge is -2.37. The fourth-order valence-electron chi connectivity index (χ4n) is 2.52. The minimum atomic E-state index is 0.511. The van der Waals surface area contributed by atoms with Gasteiger partial charge in [0.05, 0.1) is 12.7 Å². The number of nitrogens with one attached hydrogen (secondary N) is 1. The molecule has 0 radical (unpaired) electrons. The summed E-state index contributed by atoms with van der Waals surface area (Å²) in [6.45, 7) is 3.12. The van der Waals surface area contributed by atoms with Gasteiger partial charge in [0.25, 0.3) is 0 Å². The molecule has 2 nitrogen and oxygen atoms in total. The number of hydrogen-bond donors (Lipinski definition) is 1. The van der Waals surface area contributed by atoms with Gasteiger partial charge in [0, 0.05) is 12.1 Å². The summed E-state index contributed by atoms with van der Waals surface area (Å²) in [5.41, 5.74) is 0. The van der Waals surface area contributed by atoms with Gasteiger partial charge in [-0.05, 0) is 19.8 Å². The van der Waals surface area contributed by atoms with Crippen molar-refractivity contribution in [3.8, 4) is 0 Å². The summed E-state index contributed by atoms with van der Waals surface area (Å²) in [5.74, 6) is 0. The summed E-state index contributed by atoms with van der Waals surface area (Å²) in [6.07, 6.45) is 8.65. The Kier molecular flexibility index (Phi) is 3.23. The molecule has 3 atom stereocenters. The van der Waals surface area contributed by atoms with Crippen molar-refractivity contribution in [1.29, 1.82) is 0 Å². The Balaban J connectivity index is 1.91. The molecule has 0 amide bonds. The van der Waals surface area contributed by atoms with E-state index in [0.29, 0.717) is 18.2 Å². The number of ether oxygens (including phenoxy) is 1. The molecule has 13 heavy (non-hydrogen) atoms. The van der Waals surface area contributed by atoms with Crippen molar-refractivity contribution < 1.29 is 4.74 Å². The zero-order valence-corrected chi connectivity index (χ0v) is 8.59. The van der Waals surface area contributed by atoms with Crippen molar-refractivity contribution in [3.05, 3.63) is 0 Å². The fourth-order valence-corrected chi connectivity index (χ4v) is 2.52. The van der Waals surface area contributed by atoms with Crippen molar-refractivity contribution >= 4 is 0 Å². The zero-order valence-electron chi connectivity index (χ0n) is 8.59. The molecule has 3 unspecified atom stereocenters. The largest absolute Gasteiger partial charge is 0.375 e. The third kappa shape index (κ3) is 2.44. The van der Waals surface area contributed by atoms with E-state index in [4.69, 9.17) is 4.74 Å². The van der Waals surface area contributed by atoms with Gasteiger partial charge in [0.1, 0.15) is 0 Å². The summed E-state index contributed by atoms with van der Waals surface area (Å²) in [6, 6.07) is 1.20. The van der Waals surface area contributed by atoms with Crippen LogP contribution in [0.25, 0.3) is 0 Å². The Morgan fingerprint density at radius 2 is 1.85 bits per heavy atom. The maximum absolute atomic E-state index is 5.87. The Bertz CT molecular complexity index is 158. The van der Waals surface area contributed by atoms with Crippen LogP contribution in [0.15, 0.2) is 0 Å². The fraction of sp³-hybridized carbons (Fsp3) is 1.00. The maximum atomic E-state index is 5.87. The molecule has 0 aromatic carbocycles. The van der Waals surface area contributed by atoms with Gasteiger partial charge in [0.2, 0.25) is 0 Å². The predicted molar refractivity (Wildman–Crippen MR) is 53.8 cm³/mol. The molecule has 1 aliphatic heterocycles. The first kappa shape index (κ1) is 9.47. The van der Waals surface area contributed by atoms with E-state index in [1.807, 2.05) is 0 Å². The van der Waals surface area contributed by atoms with Crippen LogP contribution in [-0.2, 0) is 4.74 Å². The summed E-state index contributed by atoms with van der Waals surface area (Å²) in [5, 5.41) is 3.66. The third-order valence-corrected chi connectivity index (χ3v) is 3.26. The van der Waals surface area contributed by atoms with Crippen LogP contribution in [-0.4, -0.2) is 24.8 Å². The molecule has 2 rings (SSSR count). The van der Waals surface area contributed by atoms with Crippen LogP contribution in [0.1, 0.15) is 45.4 Å². The molecule has 2 aliphatic rings. The number of rotatable bonds is 0. The van der Waals surface area contributed by atoms with Crippen LogP contribution in [0.3, 0.4) is 0 Å². The molecule has 0 spiro atoms. The second-order valence-corrected chi connectivity index (χ2v) is 4.54. The van der Waals surface area contributed by atoms with E-state index < -0.39 is 0 Å². The third-order valence-electron chi connectivity index (χ3n) is 3.26. The zero-order chi connectivity index (χ0) is 9.10. The molecule has 0 aromatic heterocycles. The highest BCUT2D eigenvalue weighted by molar-refractivity contribution is 4.85. The van der Waals surface area contributed by atoms with Gasteiger partial charge in [-0.3, -0.25) is 0 Å². The highest BCUT2D eigenvalue weighted by Crippen LogP contribution is 2.23. The van der Waals surface area contributed by atoms with Gasteiger partial charge in [-0.2, -0.15) is 0 Å². The Morgan fingerprint density at radius 1 is 1.08 bits per heavy atom. The van der Waals surface area contributed by atoms with Gasteiger partial charge in [-0.25, -0.2) is 0 Å². The molecule has 1 N–H and O–H groups in total. The average Bonchev–Trinajstić information content (AvgIpc) is 2.08. The van der Waals surface area contributed by atoms with Gasteiger partial charge in [-0.15, -0.1) is 0 Å². The van der Waals surface area contributed by atoms with Gasteiger partial charge in [-0.1, -0.05) is 25.7 Å². The molecular weight excluding hydrogens is 162 g/mol. The predicted octanol–water partition coefficient (Wildman–Crippen LogP) is 2.09. The molecule has 1 aliphatic carbocycles. The minimum Gasteiger partial charge on any atom is -0.375 e. The molecule has 0 bridgehead atoms. The lowest BCUT2D eigenvalue weighted by Crippen LogP contribution is -2.53. The summed E-state index contributed by atoms with van der Waals surface area (Å²) >= 11 is 0. The second kappa shape index (κ2) is 4.43. The number of morpholine rings is 1. The molecule has 76 valence electrons. The Labute approximate surface area is 81.0 Å². The molecule has 1 saturated heterocycles. The van der Waals surface area contributed by atoms with E-state index in [0.717, 1.165) is 6.61 Å². The first-order valence-corrected chi connectivity index (χ1v) is 5.74. The molecular formula is C11H21NO. The maximum Gasteiger partial charge on any atom is 0.0728 e. The van der Waals surface area contributed by atoms with Crippen molar-refractivity contribution in [3.63, 3.8) is 0 Å². The standard InChI is InChI=1S/C11H21NO/c1-9-8-13-11-7-5-3-2-4-6-10(11)12-9/h9-12H,2-8H2,1H3. The van der Waals surface area contributed by atoms with Crippen molar-refractivity contribution in [2.24, 2.45) is 0 Å². The summed E-state index contributed by atoms with van der Waals surface area (Å²) in [4.78, 5) is 0. The van der Waals surface area contributed by atoms with Crippen LogP contribution in [0.5, 0.6) is 0 Å². The lowest BCUT2D eigenvalue weighted by molar-refractivity contribution is -0.0343. The van der Waals surface area contributed by atoms with E-state index in [-0.39, 0.29) is 0 Å². The van der Waals surface area contributed by atoms with Crippen molar-refractivity contribution in [2.45, 2.75) is 63.6 Å². The van der Waals surface area contributed by atoms with Crippen LogP contribution in [0.2, 0.25) is 0 Å². The first-order valence-electron chi connectivity index (χ1n) is 5.74. The van der Waals surface area contributed by atoms with Gasteiger partial charge >= 0.3 is 0 Å². The van der Waals surface area contributed by atoms with Crippen LogP contribution < -0.4 is 5.32 Å². The van der Waals surface area contributed by atoms with Crippen molar-refractivity contribution in [1.82, 2.24) is 5.32 Å². The normalized spacial score (nSPS) is 41.8. The first-order chi connectivity index (χ1) is 6.36. The molecule has 2 heteroatoms. The van der Waals surface area contributed by atoms with E-state index in [1.54, 1.807) is 0 Å². The molecule has 1 heterocycles. The number of hydrogen-bond acceptors (Lipinski definition) is 2. The van der Waals surface area contributed by atoms with Crippen LogP contribution >= 0.6 is 0 Å². The Morgan fingerprint density at radius 3 is 2.69 bits per heavy atom. The van der Waals surface area contributed by atoms with Gasteiger partial charge < -0.3 is 10.1 Å². The second-order valence-electron chi connectivity index (χ2n) is 4.54. The quantitative estimate of drug-likeness (QED) is 0.621. The van der Waals surface area contributed by atoms with E-state index in [9.17, 15) is 0 Å². The molecule has 2 fully saturated rings. The van der Waals surface area contributed by atoms with E-state index in [1.165, 1.54) is 38.5 Å². The van der Waals surface area contributed by atoms with Crippen LogP contribution in [0, 0.1) is 0 Å². The highest BCUT2D eigenvalue weighted by atomic mass is 16.5. The van der Waals surface area contributed by atoms with E-state index >= 15 is 0 Å². The molecule has 0 aromatic rings. The minimum absolute atomic E-state index is 0.511. The SMILES string of the molecule is CC1COC2CCCCCCC2N1. The van der Waals surface area contributed by atoms with Crippen molar-refractivity contribution in [2.75, 3.05) is 6.61 Å². The highest BCUT2D eigenvalue weighted by Gasteiger charge is 2.28. The topological polar surface area (TPSA) is 21.3 Å². The van der Waals surface area contributed by atoms with Crippen LogP contribution in [0.4, 0.5) is 0 Å². The average molecular weight is 183 g/mol. The smallest absolute Gasteiger partial charge is 0.0728 e. The summed E-state index contributed by atoms with van der Waals surface area (Å²) < 4.78 is 5.87. The van der Waals surface area contributed by atoms with Gasteiger partial charge in [0.15, 0.2) is 0 Å². The Hall–Kier alpha value is -0.0800. The molecule has 1 saturated carbocycles. The number of fused-ring (bicyclic) bond motifs is 1.